The number of hydrogen-bond donors (Lipinski definition) is 3. The molecule has 0 bridgehead atoms. The summed E-state index contributed by atoms with van der Waals surface area (Å²) in [6.45, 7) is 1.97. The molecule has 6 nitrogen and oxygen atoms in total. The van der Waals surface area contributed by atoms with Crippen molar-refractivity contribution in [3.63, 3.8) is 0 Å². The average Bonchev–Trinajstić information content (AvgIpc) is 3.05. The molecule has 3 rings (SSSR count). The molecule has 3 N–H and O–H groups in total. The fourth-order valence-electron chi connectivity index (χ4n) is 2.24. The number of halogens is 1. The number of hydrogen-bond acceptors (Lipinski definition) is 4. The van der Waals surface area contributed by atoms with Crippen molar-refractivity contribution in [1.29, 1.82) is 0 Å². The van der Waals surface area contributed by atoms with Crippen LogP contribution in [0.2, 0.25) is 0 Å². The number of anilines is 3. The molecule has 0 aliphatic rings. The normalized spacial score (nSPS) is 10.3. The maximum absolute atomic E-state index is 12.9. The SMILES string of the molecule is Cc1ccc(NC(=O)Cc2csc(NC(=O)Nc3ccc(F)cc3)n2)cc1. The van der Waals surface area contributed by atoms with Crippen molar-refractivity contribution in [1.82, 2.24) is 4.98 Å². The highest BCUT2D eigenvalue weighted by Crippen LogP contribution is 2.17. The molecule has 0 fully saturated rings. The molecule has 1 heterocycles. The van der Waals surface area contributed by atoms with Gasteiger partial charge >= 0.3 is 6.03 Å². The lowest BCUT2D eigenvalue weighted by Crippen LogP contribution is -2.19. The Hall–Kier alpha value is -3.26. The van der Waals surface area contributed by atoms with Crippen LogP contribution in [0.1, 0.15) is 11.3 Å². The summed E-state index contributed by atoms with van der Waals surface area (Å²) in [6, 6.07) is 12.4. The van der Waals surface area contributed by atoms with Crippen molar-refractivity contribution in [3.05, 3.63) is 71.0 Å². The molecule has 8 heteroatoms. The van der Waals surface area contributed by atoms with E-state index in [9.17, 15) is 14.0 Å². The Morgan fingerprint density at radius 3 is 2.30 bits per heavy atom. The number of thiazole rings is 1. The lowest BCUT2D eigenvalue weighted by atomic mass is 10.2. The first-order valence-corrected chi connectivity index (χ1v) is 9.00. The van der Waals surface area contributed by atoms with E-state index in [1.54, 1.807) is 5.38 Å². The molecular weight excluding hydrogens is 367 g/mol. The van der Waals surface area contributed by atoms with Crippen LogP contribution in [-0.4, -0.2) is 16.9 Å². The fourth-order valence-corrected chi connectivity index (χ4v) is 2.95. The summed E-state index contributed by atoms with van der Waals surface area (Å²) in [4.78, 5) is 28.3. The van der Waals surface area contributed by atoms with Gasteiger partial charge in [-0.3, -0.25) is 10.1 Å². The third-order valence-electron chi connectivity index (χ3n) is 3.55. The zero-order valence-corrected chi connectivity index (χ0v) is 15.3. The maximum atomic E-state index is 12.9. The summed E-state index contributed by atoms with van der Waals surface area (Å²) in [6.07, 6.45) is 0.103. The number of nitrogens with zero attached hydrogens (tertiary/aromatic N) is 1. The largest absolute Gasteiger partial charge is 0.326 e. The van der Waals surface area contributed by atoms with Crippen molar-refractivity contribution in [2.45, 2.75) is 13.3 Å². The van der Waals surface area contributed by atoms with E-state index in [0.717, 1.165) is 11.3 Å². The number of urea groups is 1. The maximum Gasteiger partial charge on any atom is 0.325 e. The standard InChI is InChI=1S/C19H17FN4O2S/c1-12-2-6-14(7-3-12)21-17(25)10-16-11-27-19(23-16)24-18(26)22-15-8-4-13(20)5-9-15/h2-9,11H,10H2,1H3,(H,21,25)(H2,22,23,24,26). The van der Waals surface area contributed by atoms with Crippen LogP contribution in [0.3, 0.4) is 0 Å². The van der Waals surface area contributed by atoms with E-state index in [0.29, 0.717) is 16.5 Å². The van der Waals surface area contributed by atoms with Gasteiger partial charge in [-0.25, -0.2) is 14.2 Å². The van der Waals surface area contributed by atoms with Crippen molar-refractivity contribution >= 4 is 39.8 Å². The number of amides is 3. The van der Waals surface area contributed by atoms with Gasteiger partial charge in [0.1, 0.15) is 5.82 Å². The fraction of sp³-hybridized carbons (Fsp3) is 0.105. The predicted molar refractivity (Wildman–Crippen MR) is 105 cm³/mol. The number of benzene rings is 2. The van der Waals surface area contributed by atoms with Crippen LogP contribution in [0.15, 0.2) is 53.9 Å². The molecule has 0 saturated carbocycles. The second-order valence-electron chi connectivity index (χ2n) is 5.82. The van der Waals surface area contributed by atoms with Crippen LogP contribution in [0, 0.1) is 12.7 Å². The lowest BCUT2D eigenvalue weighted by molar-refractivity contribution is -0.115. The third-order valence-corrected chi connectivity index (χ3v) is 4.36. The van der Waals surface area contributed by atoms with Gasteiger partial charge in [0.15, 0.2) is 5.13 Å². The van der Waals surface area contributed by atoms with Gasteiger partial charge in [-0.05, 0) is 43.3 Å². The zero-order chi connectivity index (χ0) is 19.2. The van der Waals surface area contributed by atoms with Crippen LogP contribution >= 0.6 is 11.3 Å². The monoisotopic (exact) mass is 384 g/mol. The molecule has 27 heavy (non-hydrogen) atoms. The van der Waals surface area contributed by atoms with Gasteiger partial charge in [-0.15, -0.1) is 11.3 Å². The molecule has 0 unspecified atom stereocenters. The molecule has 2 aromatic carbocycles. The molecular formula is C19H17FN4O2S. The minimum Gasteiger partial charge on any atom is -0.326 e. The number of carbonyl (C=O) groups excluding carboxylic acids is 2. The van der Waals surface area contributed by atoms with Gasteiger partial charge in [0.25, 0.3) is 0 Å². The van der Waals surface area contributed by atoms with Gasteiger partial charge in [0.2, 0.25) is 5.91 Å². The number of carbonyl (C=O) groups is 2. The summed E-state index contributed by atoms with van der Waals surface area (Å²) in [7, 11) is 0. The molecule has 3 aromatic rings. The Bertz CT molecular complexity index is 863. The first-order valence-electron chi connectivity index (χ1n) is 8.12. The smallest absolute Gasteiger partial charge is 0.325 e. The Labute approximate surface area is 159 Å². The highest BCUT2D eigenvalue weighted by atomic mass is 32.1. The van der Waals surface area contributed by atoms with Gasteiger partial charge < -0.3 is 10.6 Å². The Morgan fingerprint density at radius 1 is 0.963 bits per heavy atom. The average molecular weight is 384 g/mol. The van der Waals surface area contributed by atoms with Gasteiger partial charge in [0, 0.05) is 16.8 Å². The van der Waals surface area contributed by atoms with Crippen LogP contribution in [0.4, 0.5) is 25.7 Å². The second kappa shape index (κ2) is 8.41. The summed E-state index contributed by atoms with van der Waals surface area (Å²) in [5, 5.41) is 10.0. The number of rotatable bonds is 5. The van der Waals surface area contributed by atoms with Crippen LogP contribution < -0.4 is 16.0 Å². The van der Waals surface area contributed by atoms with Crippen molar-refractivity contribution in [2.75, 3.05) is 16.0 Å². The number of aryl methyl sites for hydroxylation is 1. The molecule has 0 atom stereocenters. The van der Waals surface area contributed by atoms with Gasteiger partial charge in [0.05, 0.1) is 12.1 Å². The minimum atomic E-state index is -0.494. The quantitative estimate of drug-likeness (QED) is 0.609. The van der Waals surface area contributed by atoms with Crippen LogP contribution in [0.25, 0.3) is 0 Å². The molecule has 0 aliphatic carbocycles. The number of aromatic nitrogens is 1. The molecule has 1 aromatic heterocycles. The molecule has 138 valence electrons. The summed E-state index contributed by atoms with van der Waals surface area (Å²) in [5.41, 5.74) is 2.85. The van der Waals surface area contributed by atoms with Gasteiger partial charge in [-0.1, -0.05) is 17.7 Å². The molecule has 3 amide bonds. The molecule has 0 saturated heterocycles. The molecule has 0 radical (unpaired) electrons. The van der Waals surface area contributed by atoms with Crippen molar-refractivity contribution < 1.29 is 14.0 Å². The molecule has 0 aliphatic heterocycles. The van der Waals surface area contributed by atoms with Gasteiger partial charge in [-0.2, -0.15) is 0 Å². The van der Waals surface area contributed by atoms with E-state index in [1.165, 1.54) is 35.6 Å². The van der Waals surface area contributed by atoms with E-state index in [1.807, 2.05) is 31.2 Å². The zero-order valence-electron chi connectivity index (χ0n) is 14.5. The van der Waals surface area contributed by atoms with E-state index in [4.69, 9.17) is 0 Å². The molecule has 0 spiro atoms. The summed E-state index contributed by atoms with van der Waals surface area (Å²) < 4.78 is 12.9. The third kappa shape index (κ3) is 5.61. The Balaban J connectivity index is 1.51. The lowest BCUT2D eigenvalue weighted by Gasteiger charge is -2.05. The van der Waals surface area contributed by atoms with E-state index < -0.39 is 6.03 Å². The summed E-state index contributed by atoms with van der Waals surface area (Å²) in [5.74, 6) is -0.569. The first kappa shape index (κ1) is 18.5. The van der Waals surface area contributed by atoms with Crippen LogP contribution in [0.5, 0.6) is 0 Å². The van der Waals surface area contributed by atoms with Crippen LogP contribution in [-0.2, 0) is 11.2 Å². The van der Waals surface area contributed by atoms with Crippen molar-refractivity contribution in [3.8, 4) is 0 Å². The minimum absolute atomic E-state index is 0.103. The van der Waals surface area contributed by atoms with Crippen molar-refractivity contribution in [2.24, 2.45) is 0 Å². The van der Waals surface area contributed by atoms with E-state index in [-0.39, 0.29) is 18.1 Å². The van der Waals surface area contributed by atoms with E-state index >= 15 is 0 Å². The Kier molecular flexibility index (Phi) is 5.77. The highest BCUT2D eigenvalue weighted by molar-refractivity contribution is 7.14. The summed E-state index contributed by atoms with van der Waals surface area (Å²) >= 11 is 1.22. The Morgan fingerprint density at radius 2 is 1.59 bits per heavy atom. The predicted octanol–water partition coefficient (Wildman–Crippen LogP) is 4.42. The topological polar surface area (TPSA) is 83.1 Å². The second-order valence-corrected chi connectivity index (χ2v) is 6.68. The van der Waals surface area contributed by atoms with E-state index in [2.05, 4.69) is 20.9 Å². The first-order chi connectivity index (χ1) is 13.0. The number of nitrogens with one attached hydrogen (secondary N) is 3. The highest BCUT2D eigenvalue weighted by Gasteiger charge is 2.10.